The largest absolute Gasteiger partial charge is 0.352 e. The van der Waals surface area contributed by atoms with E-state index in [0.717, 1.165) is 12.1 Å². The van der Waals surface area contributed by atoms with E-state index >= 15 is 0 Å². The molecule has 2 rings (SSSR count). The molecule has 0 aromatic heterocycles. The molecule has 0 unspecified atom stereocenters. The Hall–Kier alpha value is -2.13. The van der Waals surface area contributed by atoms with E-state index in [9.17, 15) is 4.79 Å². The van der Waals surface area contributed by atoms with Gasteiger partial charge in [0.2, 0.25) is 5.91 Å². The van der Waals surface area contributed by atoms with Gasteiger partial charge in [0, 0.05) is 19.5 Å². The number of carbonyl (C=O) groups is 1. The van der Waals surface area contributed by atoms with Gasteiger partial charge in [0.15, 0.2) is 0 Å². The minimum Gasteiger partial charge on any atom is -0.352 e. The molecule has 0 aliphatic heterocycles. The summed E-state index contributed by atoms with van der Waals surface area (Å²) in [5.74, 6) is 0.101. The van der Waals surface area contributed by atoms with Crippen LogP contribution in [-0.2, 0) is 17.9 Å². The zero-order valence-corrected chi connectivity index (χ0v) is 16.1. The van der Waals surface area contributed by atoms with Crippen LogP contribution in [0, 0.1) is 5.41 Å². The summed E-state index contributed by atoms with van der Waals surface area (Å²) in [6.07, 6.45) is 0.536. The van der Waals surface area contributed by atoms with Crippen molar-refractivity contribution in [2.45, 2.75) is 40.3 Å². The van der Waals surface area contributed by atoms with Gasteiger partial charge in [0.25, 0.3) is 0 Å². The summed E-state index contributed by atoms with van der Waals surface area (Å²) in [4.78, 5) is 14.3. The molecule has 0 radical (unpaired) electrons. The lowest BCUT2D eigenvalue weighted by molar-refractivity contribution is -0.122. The van der Waals surface area contributed by atoms with Crippen molar-refractivity contribution in [1.29, 1.82) is 0 Å². The smallest absolute Gasteiger partial charge is 0.220 e. The Morgan fingerprint density at radius 3 is 2.24 bits per heavy atom. The Morgan fingerprint density at radius 2 is 1.64 bits per heavy atom. The fourth-order valence-corrected chi connectivity index (χ4v) is 2.85. The molecule has 0 heterocycles. The molecule has 0 atom stereocenters. The van der Waals surface area contributed by atoms with E-state index in [-0.39, 0.29) is 11.3 Å². The molecule has 0 spiro atoms. The number of rotatable bonds is 6. The van der Waals surface area contributed by atoms with E-state index in [2.05, 4.69) is 81.5 Å². The molecule has 0 saturated heterocycles. The van der Waals surface area contributed by atoms with Crippen LogP contribution in [0.5, 0.6) is 0 Å². The average Bonchev–Trinajstić information content (AvgIpc) is 2.52. The van der Waals surface area contributed by atoms with Crippen LogP contribution in [0.4, 0.5) is 0 Å². The van der Waals surface area contributed by atoms with Gasteiger partial charge in [0.05, 0.1) is 0 Å². The van der Waals surface area contributed by atoms with Crippen molar-refractivity contribution in [3.8, 4) is 11.1 Å². The van der Waals surface area contributed by atoms with Gasteiger partial charge in [-0.05, 0) is 41.8 Å². The highest BCUT2D eigenvalue weighted by molar-refractivity contribution is 5.77. The molecule has 1 N–H and O–H groups in total. The predicted molar refractivity (Wildman–Crippen MR) is 105 cm³/mol. The fraction of sp³-hybridized carbons (Fsp3) is 0.409. The van der Waals surface area contributed by atoms with Crippen molar-refractivity contribution in [3.05, 3.63) is 59.7 Å². The fourth-order valence-electron chi connectivity index (χ4n) is 2.85. The first-order valence-corrected chi connectivity index (χ1v) is 8.83. The normalized spacial score (nSPS) is 11.6. The Morgan fingerprint density at radius 1 is 1.00 bits per heavy atom. The monoisotopic (exact) mass is 338 g/mol. The van der Waals surface area contributed by atoms with Crippen LogP contribution in [0.15, 0.2) is 48.5 Å². The lowest BCUT2D eigenvalue weighted by Gasteiger charge is -2.18. The minimum atomic E-state index is 0.00582. The molecule has 0 bridgehead atoms. The highest BCUT2D eigenvalue weighted by atomic mass is 16.1. The summed E-state index contributed by atoms with van der Waals surface area (Å²) < 4.78 is 0. The molecule has 0 aliphatic carbocycles. The number of nitrogens with one attached hydrogen (secondary N) is 1. The van der Waals surface area contributed by atoms with Crippen molar-refractivity contribution < 1.29 is 4.79 Å². The van der Waals surface area contributed by atoms with Crippen LogP contribution in [0.1, 0.15) is 38.3 Å². The highest BCUT2D eigenvalue weighted by Crippen LogP contribution is 2.25. The first-order chi connectivity index (χ1) is 11.7. The summed E-state index contributed by atoms with van der Waals surface area (Å²) >= 11 is 0. The Labute approximate surface area is 152 Å². The summed E-state index contributed by atoms with van der Waals surface area (Å²) in [5.41, 5.74) is 4.80. The predicted octanol–water partition coefficient (Wildman–Crippen LogP) is 4.47. The molecule has 0 aliphatic rings. The van der Waals surface area contributed by atoms with E-state index in [0.29, 0.717) is 13.0 Å². The first kappa shape index (κ1) is 19.2. The molecule has 2 aromatic rings. The molecular formula is C22H30N2O. The Kier molecular flexibility index (Phi) is 6.38. The van der Waals surface area contributed by atoms with Crippen LogP contribution < -0.4 is 5.32 Å². The SMILES string of the molecule is CN(C)Cc1ccc(-c2ccccc2CNC(=O)CC(C)(C)C)cc1. The van der Waals surface area contributed by atoms with E-state index in [4.69, 9.17) is 0 Å². The molecule has 3 heteroatoms. The van der Waals surface area contributed by atoms with Crippen molar-refractivity contribution in [3.63, 3.8) is 0 Å². The summed E-state index contributed by atoms with van der Waals surface area (Å²) in [6.45, 7) is 7.73. The van der Waals surface area contributed by atoms with Crippen LogP contribution in [-0.4, -0.2) is 24.9 Å². The number of nitrogens with zero attached hydrogens (tertiary/aromatic N) is 1. The zero-order chi connectivity index (χ0) is 18.4. The van der Waals surface area contributed by atoms with Crippen molar-refractivity contribution in [1.82, 2.24) is 10.2 Å². The molecule has 0 saturated carbocycles. The summed E-state index contributed by atoms with van der Waals surface area (Å²) in [6, 6.07) is 16.9. The number of hydrogen-bond acceptors (Lipinski definition) is 2. The minimum absolute atomic E-state index is 0.00582. The van der Waals surface area contributed by atoms with Gasteiger partial charge in [-0.25, -0.2) is 0 Å². The maximum Gasteiger partial charge on any atom is 0.220 e. The quantitative estimate of drug-likeness (QED) is 0.843. The number of hydrogen-bond donors (Lipinski definition) is 1. The molecule has 134 valence electrons. The van der Waals surface area contributed by atoms with Crippen molar-refractivity contribution >= 4 is 5.91 Å². The van der Waals surface area contributed by atoms with E-state index in [1.165, 1.54) is 16.7 Å². The van der Waals surface area contributed by atoms with Gasteiger partial charge in [-0.1, -0.05) is 69.3 Å². The maximum atomic E-state index is 12.1. The van der Waals surface area contributed by atoms with E-state index in [1.807, 2.05) is 12.1 Å². The number of carbonyl (C=O) groups excluding carboxylic acids is 1. The van der Waals surface area contributed by atoms with Gasteiger partial charge in [0.1, 0.15) is 0 Å². The molecular weight excluding hydrogens is 308 g/mol. The molecule has 2 aromatic carbocycles. The topological polar surface area (TPSA) is 32.3 Å². The molecule has 1 amide bonds. The number of amides is 1. The third kappa shape index (κ3) is 6.35. The highest BCUT2D eigenvalue weighted by Gasteiger charge is 2.16. The second-order valence-corrected chi connectivity index (χ2v) is 8.11. The maximum absolute atomic E-state index is 12.1. The van der Waals surface area contributed by atoms with Crippen LogP contribution in [0.25, 0.3) is 11.1 Å². The second-order valence-electron chi connectivity index (χ2n) is 8.11. The lowest BCUT2D eigenvalue weighted by atomic mass is 9.92. The van der Waals surface area contributed by atoms with Crippen molar-refractivity contribution in [2.24, 2.45) is 5.41 Å². The van der Waals surface area contributed by atoms with E-state index in [1.54, 1.807) is 0 Å². The second kappa shape index (κ2) is 8.30. The molecule has 3 nitrogen and oxygen atoms in total. The first-order valence-electron chi connectivity index (χ1n) is 8.83. The van der Waals surface area contributed by atoms with Crippen LogP contribution in [0.3, 0.4) is 0 Å². The lowest BCUT2D eigenvalue weighted by Crippen LogP contribution is -2.27. The Balaban J connectivity index is 2.11. The Bertz CT molecular complexity index is 697. The third-order valence-electron chi connectivity index (χ3n) is 3.95. The van der Waals surface area contributed by atoms with E-state index < -0.39 is 0 Å². The van der Waals surface area contributed by atoms with Gasteiger partial charge in [-0.3, -0.25) is 4.79 Å². The van der Waals surface area contributed by atoms with Crippen LogP contribution in [0.2, 0.25) is 0 Å². The van der Waals surface area contributed by atoms with Crippen LogP contribution >= 0.6 is 0 Å². The van der Waals surface area contributed by atoms with Gasteiger partial charge < -0.3 is 10.2 Å². The van der Waals surface area contributed by atoms with Gasteiger partial charge in [-0.2, -0.15) is 0 Å². The van der Waals surface area contributed by atoms with Crippen molar-refractivity contribution in [2.75, 3.05) is 14.1 Å². The number of benzene rings is 2. The molecule has 0 fully saturated rings. The van der Waals surface area contributed by atoms with Gasteiger partial charge >= 0.3 is 0 Å². The zero-order valence-electron chi connectivity index (χ0n) is 16.1. The average molecular weight is 338 g/mol. The summed E-state index contributed by atoms with van der Waals surface area (Å²) in [7, 11) is 4.15. The summed E-state index contributed by atoms with van der Waals surface area (Å²) in [5, 5.41) is 3.06. The van der Waals surface area contributed by atoms with Gasteiger partial charge in [-0.15, -0.1) is 0 Å². The standard InChI is InChI=1S/C22H30N2O/c1-22(2,3)14-21(25)23-15-19-8-6-7-9-20(19)18-12-10-17(11-13-18)16-24(4)5/h6-13H,14-16H2,1-5H3,(H,23,25). The third-order valence-corrected chi connectivity index (χ3v) is 3.95. The molecule has 25 heavy (non-hydrogen) atoms.